The first-order valence-corrected chi connectivity index (χ1v) is 6.42. The Hall–Kier alpha value is -1.91. The van der Waals surface area contributed by atoms with E-state index in [-0.39, 0.29) is 5.75 Å². The highest BCUT2D eigenvalue weighted by Crippen LogP contribution is 2.23. The van der Waals surface area contributed by atoms with Gasteiger partial charge in [-0.1, -0.05) is 13.8 Å². The van der Waals surface area contributed by atoms with Gasteiger partial charge in [-0.3, -0.25) is 0 Å². The van der Waals surface area contributed by atoms with Gasteiger partial charge in [0.05, 0.1) is 13.7 Å². The van der Waals surface area contributed by atoms with Crippen LogP contribution in [0.5, 0.6) is 11.5 Å². The molecule has 0 atom stereocenters. The van der Waals surface area contributed by atoms with Gasteiger partial charge in [0, 0.05) is 12.1 Å². The molecular weight excluding hydrogens is 242 g/mol. The van der Waals surface area contributed by atoms with E-state index >= 15 is 0 Å². The van der Waals surface area contributed by atoms with Crippen molar-refractivity contribution in [3.05, 3.63) is 23.8 Å². The number of ether oxygens (including phenoxy) is 1. The molecule has 106 valence electrons. The molecule has 0 aliphatic carbocycles. The van der Waals surface area contributed by atoms with E-state index < -0.39 is 0 Å². The van der Waals surface area contributed by atoms with E-state index in [4.69, 9.17) is 10.5 Å². The molecule has 1 rings (SSSR count). The minimum Gasteiger partial charge on any atom is -0.508 e. The summed E-state index contributed by atoms with van der Waals surface area (Å²) in [6.45, 7) is 5.44. The Balaban J connectivity index is 2.54. The minimum absolute atomic E-state index is 0.194. The van der Waals surface area contributed by atoms with E-state index in [9.17, 15) is 5.11 Å². The van der Waals surface area contributed by atoms with E-state index in [0.29, 0.717) is 29.7 Å². The van der Waals surface area contributed by atoms with Crippen LogP contribution in [0.4, 0.5) is 0 Å². The van der Waals surface area contributed by atoms with Crippen LogP contribution < -0.4 is 15.8 Å². The van der Waals surface area contributed by atoms with Gasteiger partial charge in [-0.05, 0) is 30.5 Å². The molecule has 0 aromatic heterocycles. The second-order valence-corrected chi connectivity index (χ2v) is 4.81. The second-order valence-electron chi connectivity index (χ2n) is 4.81. The van der Waals surface area contributed by atoms with Crippen molar-refractivity contribution in [3.8, 4) is 11.5 Å². The third-order valence-electron chi connectivity index (χ3n) is 2.73. The molecule has 0 fully saturated rings. The van der Waals surface area contributed by atoms with Crippen LogP contribution in [0.2, 0.25) is 0 Å². The molecule has 0 heterocycles. The third-order valence-corrected chi connectivity index (χ3v) is 2.73. The maximum Gasteiger partial charge on any atom is 0.188 e. The number of hydrogen-bond acceptors (Lipinski definition) is 3. The number of nitrogens with zero attached hydrogens (tertiary/aromatic N) is 1. The summed E-state index contributed by atoms with van der Waals surface area (Å²) < 4.78 is 5.10. The summed E-state index contributed by atoms with van der Waals surface area (Å²) >= 11 is 0. The van der Waals surface area contributed by atoms with Crippen molar-refractivity contribution >= 4 is 5.96 Å². The maximum absolute atomic E-state index is 9.71. The average Bonchev–Trinajstić information content (AvgIpc) is 2.37. The number of phenolic OH excluding ortho intramolecular Hbond substituents is 1. The predicted molar refractivity (Wildman–Crippen MR) is 77.4 cm³/mol. The van der Waals surface area contributed by atoms with Gasteiger partial charge in [-0.25, -0.2) is 4.99 Å². The molecule has 0 spiro atoms. The Labute approximate surface area is 114 Å². The van der Waals surface area contributed by atoms with Crippen LogP contribution >= 0.6 is 0 Å². The minimum atomic E-state index is 0.194. The molecule has 0 saturated carbocycles. The molecule has 0 aliphatic rings. The maximum atomic E-state index is 9.71. The quantitative estimate of drug-likeness (QED) is 0.541. The van der Waals surface area contributed by atoms with E-state index in [2.05, 4.69) is 24.2 Å². The molecule has 5 heteroatoms. The highest BCUT2D eigenvalue weighted by Gasteiger charge is 2.03. The zero-order chi connectivity index (χ0) is 14.3. The lowest BCUT2D eigenvalue weighted by molar-refractivity contribution is 0.411. The van der Waals surface area contributed by atoms with E-state index in [1.165, 1.54) is 0 Å². The first-order chi connectivity index (χ1) is 9.02. The Morgan fingerprint density at radius 2 is 2.21 bits per heavy atom. The van der Waals surface area contributed by atoms with E-state index in [1.54, 1.807) is 25.3 Å². The normalized spacial score (nSPS) is 11.7. The highest BCUT2D eigenvalue weighted by molar-refractivity contribution is 5.77. The Kier molecular flexibility index (Phi) is 5.99. The second kappa shape index (κ2) is 7.51. The van der Waals surface area contributed by atoms with Gasteiger partial charge >= 0.3 is 0 Å². The van der Waals surface area contributed by atoms with Crippen molar-refractivity contribution in [1.29, 1.82) is 0 Å². The molecule has 4 N–H and O–H groups in total. The van der Waals surface area contributed by atoms with Crippen molar-refractivity contribution in [1.82, 2.24) is 5.32 Å². The van der Waals surface area contributed by atoms with Gasteiger partial charge in [0.1, 0.15) is 11.5 Å². The van der Waals surface area contributed by atoms with Crippen molar-refractivity contribution < 1.29 is 9.84 Å². The summed E-state index contributed by atoms with van der Waals surface area (Å²) in [6.07, 6.45) is 1.04. The molecule has 5 nitrogen and oxygen atoms in total. The van der Waals surface area contributed by atoms with Crippen molar-refractivity contribution in [2.45, 2.75) is 26.8 Å². The summed E-state index contributed by atoms with van der Waals surface area (Å²) in [7, 11) is 1.58. The Bertz CT molecular complexity index is 431. The zero-order valence-corrected chi connectivity index (χ0v) is 11.8. The van der Waals surface area contributed by atoms with E-state index in [0.717, 1.165) is 13.0 Å². The lowest BCUT2D eigenvalue weighted by Crippen LogP contribution is -2.32. The molecule has 0 unspecified atom stereocenters. The van der Waals surface area contributed by atoms with Gasteiger partial charge in [0.25, 0.3) is 0 Å². The van der Waals surface area contributed by atoms with Crippen LogP contribution in [-0.2, 0) is 6.54 Å². The molecule has 0 radical (unpaired) electrons. The monoisotopic (exact) mass is 265 g/mol. The number of nitrogens with two attached hydrogens (primary N) is 1. The third kappa shape index (κ3) is 5.50. The molecule has 0 bridgehead atoms. The lowest BCUT2D eigenvalue weighted by Gasteiger charge is -2.08. The molecular formula is C14H23N3O2. The average molecular weight is 265 g/mol. The summed E-state index contributed by atoms with van der Waals surface area (Å²) in [6, 6.07) is 5.04. The molecule has 0 saturated heterocycles. The fourth-order valence-electron chi connectivity index (χ4n) is 1.53. The fraction of sp³-hybridized carbons (Fsp3) is 0.500. The molecule has 0 aliphatic heterocycles. The Morgan fingerprint density at radius 3 is 2.84 bits per heavy atom. The van der Waals surface area contributed by atoms with Crippen LogP contribution in [0.15, 0.2) is 23.2 Å². The number of aromatic hydroxyl groups is 1. The summed E-state index contributed by atoms with van der Waals surface area (Å²) in [5, 5.41) is 12.8. The first kappa shape index (κ1) is 15.1. The molecule has 1 aromatic carbocycles. The predicted octanol–water partition coefficient (Wildman–Crippen LogP) is 1.85. The van der Waals surface area contributed by atoms with E-state index in [1.807, 2.05) is 0 Å². The van der Waals surface area contributed by atoms with Gasteiger partial charge in [-0.15, -0.1) is 0 Å². The van der Waals surface area contributed by atoms with Crippen LogP contribution in [0.25, 0.3) is 0 Å². The number of hydrogen-bond donors (Lipinski definition) is 3. The van der Waals surface area contributed by atoms with Gasteiger partial charge < -0.3 is 20.9 Å². The number of phenols is 1. The van der Waals surface area contributed by atoms with Gasteiger partial charge in [0.15, 0.2) is 5.96 Å². The van der Waals surface area contributed by atoms with Crippen LogP contribution in [-0.4, -0.2) is 24.7 Å². The standard InChI is InChI=1S/C14H23N3O2/c1-10(2)6-7-16-14(15)17-9-11-8-12(19-3)4-5-13(11)18/h4-5,8,10,18H,6-7,9H2,1-3H3,(H3,15,16,17). The number of methoxy groups -OCH3 is 1. The fourth-order valence-corrected chi connectivity index (χ4v) is 1.53. The highest BCUT2D eigenvalue weighted by atomic mass is 16.5. The largest absolute Gasteiger partial charge is 0.508 e. The zero-order valence-electron chi connectivity index (χ0n) is 11.8. The molecule has 0 amide bonds. The number of aliphatic imine (C=N–C) groups is 1. The number of guanidine groups is 1. The van der Waals surface area contributed by atoms with Crippen molar-refractivity contribution in [2.24, 2.45) is 16.6 Å². The Morgan fingerprint density at radius 1 is 1.47 bits per heavy atom. The lowest BCUT2D eigenvalue weighted by atomic mass is 10.1. The first-order valence-electron chi connectivity index (χ1n) is 6.42. The van der Waals surface area contributed by atoms with Crippen molar-refractivity contribution in [2.75, 3.05) is 13.7 Å². The number of nitrogens with one attached hydrogen (secondary N) is 1. The molecule has 1 aromatic rings. The summed E-state index contributed by atoms with van der Waals surface area (Å²) in [4.78, 5) is 4.20. The van der Waals surface area contributed by atoms with Crippen LogP contribution in [0.1, 0.15) is 25.8 Å². The SMILES string of the molecule is COc1ccc(O)c(CN=C(N)NCCC(C)C)c1. The van der Waals surface area contributed by atoms with Crippen molar-refractivity contribution in [3.63, 3.8) is 0 Å². The van der Waals surface area contributed by atoms with Crippen LogP contribution in [0.3, 0.4) is 0 Å². The van der Waals surface area contributed by atoms with Crippen LogP contribution in [0, 0.1) is 5.92 Å². The molecule has 19 heavy (non-hydrogen) atoms. The summed E-state index contributed by atoms with van der Waals surface area (Å²) in [5.74, 6) is 1.90. The summed E-state index contributed by atoms with van der Waals surface area (Å²) in [5.41, 5.74) is 6.44. The topological polar surface area (TPSA) is 79.9 Å². The van der Waals surface area contributed by atoms with Gasteiger partial charge in [-0.2, -0.15) is 0 Å². The number of rotatable bonds is 6. The van der Waals surface area contributed by atoms with Gasteiger partial charge in [0.2, 0.25) is 0 Å². The number of benzene rings is 1. The smallest absolute Gasteiger partial charge is 0.188 e.